The Hall–Kier alpha value is -0.297. The molecule has 1 aliphatic rings. The molecule has 4 heteroatoms. The summed E-state index contributed by atoms with van der Waals surface area (Å²) >= 11 is -2.46. The minimum atomic E-state index is -2.46. The Morgan fingerprint density at radius 3 is 2.22 bits per heavy atom. The number of fused-ring (bicyclic) bond motifs is 3. The van der Waals surface area contributed by atoms with Crippen LogP contribution in [0.25, 0.3) is 11.1 Å². The van der Waals surface area contributed by atoms with Gasteiger partial charge in [-0.2, -0.15) is 0 Å². The topological polar surface area (TPSA) is 3.24 Å². The summed E-state index contributed by atoms with van der Waals surface area (Å²) in [5.41, 5.74) is 6.79. The van der Waals surface area contributed by atoms with E-state index in [2.05, 4.69) is 69.0 Å². The average molecular weight is 427 g/mol. The molecule has 1 aliphatic carbocycles. The van der Waals surface area contributed by atoms with Gasteiger partial charge in [-0.15, -0.1) is 0 Å². The second kappa shape index (κ2) is 6.91. The summed E-state index contributed by atoms with van der Waals surface area (Å²) in [5.74, 6) is 0. The molecule has 2 aromatic carbocycles. The molecule has 0 atom stereocenters. The first kappa shape index (κ1) is 17.5. The summed E-state index contributed by atoms with van der Waals surface area (Å²) in [7, 11) is 12.9. The van der Waals surface area contributed by atoms with Crippen LogP contribution in [0.2, 0.25) is 0 Å². The molecule has 121 valence electrons. The van der Waals surface area contributed by atoms with Gasteiger partial charge in [0.1, 0.15) is 0 Å². The first-order chi connectivity index (χ1) is 10.9. The Bertz CT molecular complexity index is 717. The van der Waals surface area contributed by atoms with E-state index in [9.17, 15) is 0 Å². The van der Waals surface area contributed by atoms with E-state index in [4.69, 9.17) is 17.0 Å². The van der Waals surface area contributed by atoms with Crippen LogP contribution in [0.1, 0.15) is 38.8 Å². The van der Waals surface area contributed by atoms with E-state index in [0.29, 0.717) is 12.1 Å². The van der Waals surface area contributed by atoms with E-state index in [1.807, 2.05) is 0 Å². The molecule has 0 aromatic heterocycles. The molecule has 0 amide bonds. The summed E-state index contributed by atoms with van der Waals surface area (Å²) in [6.07, 6.45) is 0.961. The molecule has 0 fully saturated rings. The molecule has 0 aliphatic heterocycles. The summed E-state index contributed by atoms with van der Waals surface area (Å²) in [4.78, 5) is 2.50. The van der Waals surface area contributed by atoms with E-state index < -0.39 is 19.4 Å². The molecule has 1 nitrogen and oxygen atoms in total. The van der Waals surface area contributed by atoms with Gasteiger partial charge in [0.15, 0.2) is 0 Å². The normalized spacial score (nSPS) is 12.5. The van der Waals surface area contributed by atoms with Gasteiger partial charge >= 0.3 is 155 Å². The zero-order valence-electron chi connectivity index (χ0n) is 14.0. The Morgan fingerprint density at radius 2 is 1.61 bits per heavy atom. The Kier molecular flexibility index (Phi) is 5.26. The van der Waals surface area contributed by atoms with Crippen LogP contribution in [-0.2, 0) is 25.8 Å². The molecule has 0 unspecified atom stereocenters. The monoisotopic (exact) mass is 424 g/mol. The third kappa shape index (κ3) is 3.15. The molecule has 2 aromatic rings. The zero-order valence-corrected chi connectivity index (χ0v) is 18.0. The number of anilines is 1. The number of rotatable bonds is 4. The quantitative estimate of drug-likeness (QED) is 0.538. The van der Waals surface area contributed by atoms with Crippen LogP contribution in [-0.4, -0.2) is 12.1 Å². The number of halogens is 2. The Morgan fingerprint density at radius 1 is 0.957 bits per heavy atom. The van der Waals surface area contributed by atoms with Crippen molar-refractivity contribution < 1.29 is 19.4 Å². The molecule has 0 saturated heterocycles. The summed E-state index contributed by atoms with van der Waals surface area (Å²) in [6, 6.07) is 14.0. The van der Waals surface area contributed by atoms with Crippen molar-refractivity contribution >= 4 is 26.0 Å². The number of nitrogens with zero attached hydrogens (tertiary/aromatic N) is 1. The fourth-order valence-electron chi connectivity index (χ4n) is 3.77. The fourth-order valence-corrected chi connectivity index (χ4v) is 7.47. The molecular formula is C19H22Cl2NZr. The van der Waals surface area contributed by atoms with Crippen molar-refractivity contribution in [1.82, 2.24) is 0 Å². The van der Waals surface area contributed by atoms with E-state index in [0.717, 1.165) is 6.42 Å². The van der Waals surface area contributed by atoms with E-state index in [1.165, 1.54) is 31.2 Å². The van der Waals surface area contributed by atoms with Crippen LogP contribution in [0.3, 0.4) is 0 Å². The van der Waals surface area contributed by atoms with Crippen LogP contribution in [0.15, 0.2) is 36.4 Å². The molecule has 0 saturated carbocycles. The van der Waals surface area contributed by atoms with Crippen molar-refractivity contribution in [3.05, 3.63) is 47.5 Å². The van der Waals surface area contributed by atoms with Gasteiger partial charge in [-0.05, 0) is 0 Å². The SMILES string of the molecule is CC(C)N(c1cc[c]([Zr]([Cl])[Cl])c2c1-c1ccccc1C2)C(C)C. The summed E-state index contributed by atoms with van der Waals surface area (Å²) < 4.78 is 1.23. The Balaban J connectivity index is 2.27. The van der Waals surface area contributed by atoms with E-state index >= 15 is 0 Å². The molecular weight excluding hydrogens is 404 g/mol. The molecule has 0 radical (unpaired) electrons. The maximum absolute atomic E-state index is 6.44. The first-order valence-electron chi connectivity index (χ1n) is 8.12. The third-order valence-corrected chi connectivity index (χ3v) is 9.10. The summed E-state index contributed by atoms with van der Waals surface area (Å²) in [5, 5.41) is 0. The van der Waals surface area contributed by atoms with Crippen molar-refractivity contribution in [1.29, 1.82) is 0 Å². The second-order valence-electron chi connectivity index (χ2n) is 6.67. The van der Waals surface area contributed by atoms with Gasteiger partial charge in [0, 0.05) is 0 Å². The third-order valence-electron chi connectivity index (χ3n) is 4.54. The average Bonchev–Trinajstić information content (AvgIpc) is 2.85. The molecule has 23 heavy (non-hydrogen) atoms. The molecule has 0 bridgehead atoms. The van der Waals surface area contributed by atoms with Crippen molar-refractivity contribution in [2.24, 2.45) is 0 Å². The van der Waals surface area contributed by atoms with E-state index in [-0.39, 0.29) is 0 Å². The van der Waals surface area contributed by atoms with Gasteiger partial charge < -0.3 is 0 Å². The second-order valence-corrected chi connectivity index (χ2v) is 14.9. The van der Waals surface area contributed by atoms with Gasteiger partial charge in [-0.1, -0.05) is 0 Å². The molecule has 0 N–H and O–H groups in total. The number of hydrogen-bond acceptors (Lipinski definition) is 1. The van der Waals surface area contributed by atoms with Crippen LogP contribution in [0.5, 0.6) is 0 Å². The Labute approximate surface area is 154 Å². The fraction of sp³-hybridized carbons (Fsp3) is 0.368. The van der Waals surface area contributed by atoms with E-state index in [1.54, 1.807) is 0 Å². The predicted molar refractivity (Wildman–Crippen MR) is 98.8 cm³/mol. The first-order valence-corrected chi connectivity index (χ1v) is 15.7. The molecule has 3 rings (SSSR count). The predicted octanol–water partition coefficient (Wildman–Crippen LogP) is 5.43. The van der Waals surface area contributed by atoms with Crippen LogP contribution < -0.4 is 8.17 Å². The summed E-state index contributed by atoms with van der Waals surface area (Å²) in [6.45, 7) is 9.02. The van der Waals surface area contributed by atoms with Crippen molar-refractivity contribution in [2.75, 3.05) is 4.90 Å². The van der Waals surface area contributed by atoms with Crippen LogP contribution in [0, 0.1) is 0 Å². The van der Waals surface area contributed by atoms with Gasteiger partial charge in [-0.3, -0.25) is 0 Å². The van der Waals surface area contributed by atoms with Gasteiger partial charge in [0.2, 0.25) is 0 Å². The minimum absolute atomic E-state index is 0.447. The number of benzene rings is 2. The zero-order chi connectivity index (χ0) is 16.7. The standard InChI is InChI=1S/C19H22N.2ClH.Zr/c1-13(2)20(14(3)4)18-11-7-9-16-12-15-8-5-6-10-17(15)19(16)18;;;/h5-8,10-11,13-14H,12H2,1-4H3;2*1H;/q;;;+2/p-2. The van der Waals surface area contributed by atoms with Crippen molar-refractivity contribution in [3.8, 4) is 11.1 Å². The van der Waals surface area contributed by atoms with Crippen molar-refractivity contribution in [2.45, 2.75) is 46.2 Å². The molecule has 0 heterocycles. The van der Waals surface area contributed by atoms with Crippen molar-refractivity contribution in [3.63, 3.8) is 0 Å². The maximum atomic E-state index is 6.44. The van der Waals surface area contributed by atoms with Crippen LogP contribution in [0.4, 0.5) is 5.69 Å². The van der Waals surface area contributed by atoms with Gasteiger partial charge in [-0.25, -0.2) is 0 Å². The molecule has 0 spiro atoms. The number of hydrogen-bond donors (Lipinski definition) is 0. The van der Waals surface area contributed by atoms with Gasteiger partial charge in [0.05, 0.1) is 0 Å². The van der Waals surface area contributed by atoms with Crippen LogP contribution >= 0.6 is 17.0 Å². The van der Waals surface area contributed by atoms with Gasteiger partial charge in [0.25, 0.3) is 0 Å².